The van der Waals surface area contributed by atoms with E-state index in [0.29, 0.717) is 6.54 Å². The first-order chi connectivity index (χ1) is 14.1. The van der Waals surface area contributed by atoms with Crippen LogP contribution in [0.2, 0.25) is 0 Å². The van der Waals surface area contributed by atoms with Crippen molar-refractivity contribution in [1.29, 1.82) is 5.26 Å². The average Bonchev–Trinajstić information content (AvgIpc) is 2.96. The molecule has 3 fully saturated rings. The molecule has 2 saturated heterocycles. The third-order valence-electron chi connectivity index (χ3n) is 6.88. The predicted octanol–water partition coefficient (Wildman–Crippen LogP) is 0.377. The van der Waals surface area contributed by atoms with Crippen molar-refractivity contribution in [2.45, 2.75) is 65.6 Å². The molecule has 0 aromatic carbocycles. The maximum atomic E-state index is 13.2. The second-order valence-electron chi connectivity index (χ2n) is 10.2. The standard InChI is InChI=1S/C21H33N5O3/c1-20(2,3)16(23)19(29)26-10-13-14(21(13,4)5)15(26)18(28)25-12(9-22)8-11-6-7-24-17(11)27/h11-16H,6-8,10,23H2,1-5H3,(H,24,27)(H,25,28)/t11-,12-,13-,14-,15-,16+/m0/s1/i7D2. The Bertz CT molecular complexity index is 832. The number of rotatable bonds is 5. The second-order valence-corrected chi connectivity index (χ2v) is 10.2. The van der Waals surface area contributed by atoms with Crippen LogP contribution in [-0.2, 0) is 14.4 Å². The number of nitrogens with two attached hydrogens (primary N) is 1. The van der Waals surface area contributed by atoms with Crippen molar-refractivity contribution in [3.8, 4) is 6.07 Å². The molecule has 2 heterocycles. The van der Waals surface area contributed by atoms with Crippen LogP contribution in [0.25, 0.3) is 0 Å². The fraction of sp³-hybridized carbons (Fsp3) is 0.810. The minimum Gasteiger partial charge on any atom is -0.356 e. The van der Waals surface area contributed by atoms with E-state index in [1.165, 1.54) is 0 Å². The summed E-state index contributed by atoms with van der Waals surface area (Å²) < 4.78 is 15.3. The van der Waals surface area contributed by atoms with Crippen LogP contribution in [0.3, 0.4) is 0 Å². The van der Waals surface area contributed by atoms with E-state index in [-0.39, 0.29) is 36.0 Å². The molecule has 1 aliphatic carbocycles. The lowest BCUT2D eigenvalue weighted by Crippen LogP contribution is -2.57. The molecular formula is C21H33N5O3. The van der Waals surface area contributed by atoms with Crippen molar-refractivity contribution in [3.63, 3.8) is 0 Å². The summed E-state index contributed by atoms with van der Waals surface area (Å²) in [5.74, 6) is -1.65. The quantitative estimate of drug-likeness (QED) is 0.609. The van der Waals surface area contributed by atoms with Crippen LogP contribution in [0.15, 0.2) is 0 Å². The van der Waals surface area contributed by atoms with E-state index < -0.39 is 47.8 Å². The lowest BCUT2D eigenvalue weighted by molar-refractivity contribution is -0.143. The normalized spacial score (nSPS) is 34.8. The Labute approximate surface area is 175 Å². The first kappa shape index (κ1) is 18.9. The Morgan fingerprint density at radius 1 is 1.48 bits per heavy atom. The molecule has 0 spiro atoms. The van der Waals surface area contributed by atoms with E-state index in [1.807, 2.05) is 26.8 Å². The summed E-state index contributed by atoms with van der Waals surface area (Å²) in [5.41, 5.74) is 5.66. The number of nitrogens with zero attached hydrogens (tertiary/aromatic N) is 2. The molecule has 3 rings (SSSR count). The van der Waals surface area contributed by atoms with Crippen LogP contribution in [0.4, 0.5) is 0 Å². The minimum atomic E-state index is -1.81. The Kier molecular flexibility index (Phi) is 4.73. The van der Waals surface area contributed by atoms with Gasteiger partial charge in [-0.25, -0.2) is 0 Å². The van der Waals surface area contributed by atoms with Crippen LogP contribution in [0.1, 0.15) is 50.2 Å². The highest BCUT2D eigenvalue weighted by atomic mass is 16.2. The van der Waals surface area contributed by atoms with Crippen LogP contribution in [-0.4, -0.2) is 53.8 Å². The molecule has 8 nitrogen and oxygen atoms in total. The van der Waals surface area contributed by atoms with Gasteiger partial charge in [0.25, 0.3) is 0 Å². The van der Waals surface area contributed by atoms with Gasteiger partial charge >= 0.3 is 0 Å². The number of hydrogen-bond acceptors (Lipinski definition) is 5. The van der Waals surface area contributed by atoms with Gasteiger partial charge in [-0.1, -0.05) is 34.6 Å². The number of carbonyl (C=O) groups is 3. The summed E-state index contributed by atoms with van der Waals surface area (Å²) in [6, 6.07) is -0.402. The number of hydrogen-bond donors (Lipinski definition) is 3. The molecule has 0 aromatic heterocycles. The molecule has 8 heteroatoms. The van der Waals surface area contributed by atoms with Crippen molar-refractivity contribution < 1.29 is 17.1 Å². The predicted molar refractivity (Wildman–Crippen MR) is 107 cm³/mol. The van der Waals surface area contributed by atoms with Gasteiger partial charge in [0.1, 0.15) is 12.1 Å². The van der Waals surface area contributed by atoms with Gasteiger partial charge in [-0.2, -0.15) is 5.26 Å². The van der Waals surface area contributed by atoms with Gasteiger partial charge in [0.2, 0.25) is 17.7 Å². The van der Waals surface area contributed by atoms with E-state index in [0.717, 1.165) is 0 Å². The van der Waals surface area contributed by atoms with E-state index >= 15 is 0 Å². The zero-order valence-corrected chi connectivity index (χ0v) is 17.8. The Balaban J connectivity index is 1.73. The first-order valence-corrected chi connectivity index (χ1v) is 10.2. The molecule has 3 aliphatic rings. The van der Waals surface area contributed by atoms with Gasteiger partial charge in [-0.05, 0) is 35.5 Å². The molecule has 0 aromatic rings. The SMILES string of the molecule is [2H]C1([2H])C[C@@H](C[C@@H](C#N)NC(=O)[C@@H]2[C@@H]3[C@H](CN2C(=O)[C@@H](N)C(C)(C)C)C3(C)C)C(=O)N1. The monoisotopic (exact) mass is 405 g/mol. The van der Waals surface area contributed by atoms with Crippen molar-refractivity contribution in [2.75, 3.05) is 13.0 Å². The smallest absolute Gasteiger partial charge is 0.244 e. The van der Waals surface area contributed by atoms with Gasteiger partial charge in [0.05, 0.1) is 12.1 Å². The summed E-state index contributed by atoms with van der Waals surface area (Å²) in [6.07, 6.45) is -0.0284. The fourth-order valence-corrected chi connectivity index (χ4v) is 4.69. The van der Waals surface area contributed by atoms with Crippen molar-refractivity contribution in [2.24, 2.45) is 34.3 Å². The van der Waals surface area contributed by atoms with Crippen molar-refractivity contribution in [1.82, 2.24) is 15.5 Å². The number of likely N-dealkylation sites (tertiary alicyclic amines) is 1. The van der Waals surface area contributed by atoms with E-state index in [2.05, 4.69) is 24.5 Å². The fourth-order valence-electron chi connectivity index (χ4n) is 4.69. The molecule has 29 heavy (non-hydrogen) atoms. The van der Waals surface area contributed by atoms with E-state index in [1.54, 1.807) is 4.90 Å². The minimum absolute atomic E-state index is 0.00752. The molecular weight excluding hydrogens is 370 g/mol. The zero-order valence-electron chi connectivity index (χ0n) is 19.8. The molecule has 160 valence electrons. The molecule has 0 radical (unpaired) electrons. The van der Waals surface area contributed by atoms with Gasteiger partial charge < -0.3 is 21.3 Å². The van der Waals surface area contributed by atoms with Crippen LogP contribution < -0.4 is 16.4 Å². The van der Waals surface area contributed by atoms with Gasteiger partial charge in [0.15, 0.2) is 0 Å². The summed E-state index contributed by atoms with van der Waals surface area (Å²) >= 11 is 0. The van der Waals surface area contributed by atoms with Gasteiger partial charge in [-0.3, -0.25) is 14.4 Å². The Hall–Kier alpha value is -2.14. The van der Waals surface area contributed by atoms with Gasteiger partial charge in [-0.15, -0.1) is 0 Å². The molecule has 1 saturated carbocycles. The van der Waals surface area contributed by atoms with Gasteiger partial charge in [0, 0.05) is 21.7 Å². The topological polar surface area (TPSA) is 128 Å². The van der Waals surface area contributed by atoms with E-state index in [4.69, 9.17) is 8.48 Å². The highest BCUT2D eigenvalue weighted by molar-refractivity contribution is 5.92. The number of piperidine rings is 1. The maximum absolute atomic E-state index is 13.2. The Morgan fingerprint density at radius 3 is 2.66 bits per heavy atom. The van der Waals surface area contributed by atoms with Crippen LogP contribution in [0, 0.1) is 39.9 Å². The number of carbonyl (C=O) groups excluding carboxylic acids is 3. The number of amides is 3. The zero-order chi connectivity index (χ0) is 23.5. The summed E-state index contributed by atoms with van der Waals surface area (Å²) in [6.45, 7) is 8.42. The molecule has 0 unspecified atom stereocenters. The molecule has 0 bridgehead atoms. The molecule has 2 aliphatic heterocycles. The van der Waals surface area contributed by atoms with E-state index in [9.17, 15) is 19.6 Å². The molecule has 4 N–H and O–H groups in total. The highest BCUT2D eigenvalue weighted by Gasteiger charge is 2.69. The highest BCUT2D eigenvalue weighted by Crippen LogP contribution is 2.65. The van der Waals surface area contributed by atoms with Crippen LogP contribution in [0.5, 0.6) is 0 Å². The maximum Gasteiger partial charge on any atom is 0.244 e. The number of nitriles is 1. The Morgan fingerprint density at radius 2 is 2.14 bits per heavy atom. The number of fused-ring (bicyclic) bond motifs is 1. The lowest BCUT2D eigenvalue weighted by Gasteiger charge is -2.35. The average molecular weight is 406 g/mol. The molecule has 6 atom stereocenters. The third kappa shape index (κ3) is 3.85. The number of nitrogens with one attached hydrogen (secondary N) is 2. The summed E-state index contributed by atoms with van der Waals surface area (Å²) in [4.78, 5) is 39.9. The summed E-state index contributed by atoms with van der Waals surface area (Å²) in [5, 5.41) is 14.5. The third-order valence-corrected chi connectivity index (χ3v) is 6.88. The summed E-state index contributed by atoms with van der Waals surface area (Å²) in [7, 11) is 0. The van der Waals surface area contributed by atoms with Crippen molar-refractivity contribution >= 4 is 17.7 Å². The first-order valence-electron chi connectivity index (χ1n) is 11.2. The van der Waals surface area contributed by atoms with Crippen molar-refractivity contribution in [3.05, 3.63) is 0 Å². The lowest BCUT2D eigenvalue weighted by atomic mass is 9.86. The largest absolute Gasteiger partial charge is 0.356 e. The molecule has 3 amide bonds. The second kappa shape index (κ2) is 7.28. The van der Waals surface area contributed by atoms with Crippen LogP contribution >= 0.6 is 0 Å².